The van der Waals surface area contributed by atoms with Gasteiger partial charge in [-0.15, -0.1) is 0 Å². The van der Waals surface area contributed by atoms with Gasteiger partial charge in [-0.25, -0.2) is 0 Å². The zero-order valence-electron chi connectivity index (χ0n) is 13.7. The first kappa shape index (κ1) is 17.5. The highest BCUT2D eigenvalue weighted by molar-refractivity contribution is 5.79. The molecule has 118 valence electrons. The maximum absolute atomic E-state index is 11.7. The number of anilines is 1. The van der Waals surface area contributed by atoms with Gasteiger partial charge in [-0.1, -0.05) is 19.1 Å². The molecule has 0 amide bonds. The molecule has 0 saturated heterocycles. The van der Waals surface area contributed by atoms with Gasteiger partial charge in [0, 0.05) is 19.3 Å². The Kier molecular flexibility index (Phi) is 6.69. The average molecular weight is 292 g/mol. The lowest BCUT2D eigenvalue weighted by Gasteiger charge is -2.25. The van der Waals surface area contributed by atoms with Gasteiger partial charge in [-0.05, 0) is 50.8 Å². The Balaban J connectivity index is 2.45. The fraction of sp³-hybridized carbons (Fsp3) is 0.588. The third-order valence-corrected chi connectivity index (χ3v) is 3.72. The molecule has 21 heavy (non-hydrogen) atoms. The largest absolute Gasteiger partial charge is 0.465 e. The van der Waals surface area contributed by atoms with Crippen LogP contribution >= 0.6 is 0 Å². The van der Waals surface area contributed by atoms with Crippen LogP contribution in [0.15, 0.2) is 24.3 Å². The second-order valence-electron chi connectivity index (χ2n) is 5.68. The number of aryl methyl sites for hydroxylation is 1. The molecule has 1 atom stereocenters. The second-order valence-corrected chi connectivity index (χ2v) is 5.68. The molecule has 4 nitrogen and oxygen atoms in total. The fourth-order valence-electron chi connectivity index (χ4n) is 2.20. The molecule has 0 radical (unpaired) electrons. The molecule has 1 aromatic carbocycles. The third-order valence-electron chi connectivity index (χ3n) is 3.72. The quantitative estimate of drug-likeness (QED) is 0.749. The van der Waals surface area contributed by atoms with E-state index in [9.17, 15) is 4.79 Å². The molecule has 1 unspecified atom stereocenters. The number of nitrogens with zero attached hydrogens (tertiary/aromatic N) is 1. The van der Waals surface area contributed by atoms with Crippen LogP contribution in [-0.2, 0) is 16.0 Å². The molecular weight excluding hydrogens is 264 g/mol. The molecule has 0 aliphatic rings. The minimum Gasteiger partial charge on any atom is -0.465 e. The molecule has 1 rings (SSSR count). The summed E-state index contributed by atoms with van der Waals surface area (Å²) in [6.45, 7) is 6.91. The van der Waals surface area contributed by atoms with E-state index in [1.165, 1.54) is 11.3 Å². The van der Waals surface area contributed by atoms with Gasteiger partial charge in [0.25, 0.3) is 0 Å². The minimum absolute atomic E-state index is 0.319. The van der Waals surface area contributed by atoms with E-state index in [0.29, 0.717) is 13.0 Å². The van der Waals surface area contributed by atoms with E-state index >= 15 is 0 Å². The molecule has 2 N–H and O–H groups in total. The summed E-state index contributed by atoms with van der Waals surface area (Å²) >= 11 is 0. The van der Waals surface area contributed by atoms with Crippen LogP contribution in [0.2, 0.25) is 0 Å². The Morgan fingerprint density at radius 3 is 2.43 bits per heavy atom. The van der Waals surface area contributed by atoms with Gasteiger partial charge in [-0.2, -0.15) is 0 Å². The van der Waals surface area contributed by atoms with Crippen LogP contribution in [0.1, 0.15) is 39.2 Å². The molecule has 1 aromatic rings. The standard InChI is InChI=1S/C17H28N2O2/c1-5-14-8-10-15(11-9-14)19(4)13-7-12-17(3,18)16(20)21-6-2/h8-11H,5-7,12-13,18H2,1-4H3. The number of carbonyl (C=O) groups is 1. The Bertz CT molecular complexity index is 441. The van der Waals surface area contributed by atoms with Crippen molar-refractivity contribution in [2.45, 2.75) is 45.6 Å². The van der Waals surface area contributed by atoms with Crippen molar-refractivity contribution in [3.63, 3.8) is 0 Å². The summed E-state index contributed by atoms with van der Waals surface area (Å²) in [5.41, 5.74) is 7.64. The number of nitrogens with two attached hydrogens (primary N) is 1. The Labute approximate surface area is 128 Å². The van der Waals surface area contributed by atoms with Crippen molar-refractivity contribution in [1.82, 2.24) is 0 Å². The van der Waals surface area contributed by atoms with Crippen LogP contribution < -0.4 is 10.6 Å². The maximum Gasteiger partial charge on any atom is 0.325 e. The van der Waals surface area contributed by atoms with Crippen LogP contribution in [0.5, 0.6) is 0 Å². The Morgan fingerprint density at radius 1 is 1.29 bits per heavy atom. The number of rotatable bonds is 8. The van der Waals surface area contributed by atoms with Crippen LogP contribution in [0.3, 0.4) is 0 Å². The summed E-state index contributed by atoms with van der Waals surface area (Å²) < 4.78 is 5.00. The molecule has 0 aliphatic carbocycles. The molecular formula is C17H28N2O2. The molecule has 0 aliphatic heterocycles. The van der Waals surface area contributed by atoms with E-state index in [-0.39, 0.29) is 5.97 Å². The lowest BCUT2D eigenvalue weighted by molar-refractivity contribution is -0.149. The van der Waals surface area contributed by atoms with E-state index in [1.807, 2.05) is 0 Å². The van der Waals surface area contributed by atoms with E-state index in [1.54, 1.807) is 13.8 Å². The molecule has 0 spiro atoms. The van der Waals surface area contributed by atoms with Crippen molar-refractivity contribution in [2.24, 2.45) is 5.73 Å². The monoisotopic (exact) mass is 292 g/mol. The van der Waals surface area contributed by atoms with Crippen molar-refractivity contribution in [3.05, 3.63) is 29.8 Å². The van der Waals surface area contributed by atoms with Crippen LogP contribution in [0, 0.1) is 0 Å². The van der Waals surface area contributed by atoms with E-state index in [4.69, 9.17) is 10.5 Å². The summed E-state index contributed by atoms with van der Waals surface area (Å²) in [7, 11) is 2.05. The minimum atomic E-state index is -0.900. The maximum atomic E-state index is 11.7. The highest BCUT2D eigenvalue weighted by atomic mass is 16.5. The number of esters is 1. The lowest BCUT2D eigenvalue weighted by Crippen LogP contribution is -2.46. The smallest absolute Gasteiger partial charge is 0.325 e. The van der Waals surface area contributed by atoms with Gasteiger partial charge in [-0.3, -0.25) is 4.79 Å². The van der Waals surface area contributed by atoms with Crippen molar-refractivity contribution in [3.8, 4) is 0 Å². The predicted octanol–water partition coefficient (Wildman–Crippen LogP) is 2.75. The Hall–Kier alpha value is -1.55. The van der Waals surface area contributed by atoms with Crippen LogP contribution in [-0.4, -0.2) is 31.7 Å². The number of hydrogen-bond acceptors (Lipinski definition) is 4. The van der Waals surface area contributed by atoms with Crippen molar-refractivity contribution in [1.29, 1.82) is 0 Å². The average Bonchev–Trinajstić information content (AvgIpc) is 2.47. The zero-order valence-corrected chi connectivity index (χ0v) is 13.7. The molecule has 0 saturated carbocycles. The summed E-state index contributed by atoms with van der Waals surface area (Å²) in [4.78, 5) is 13.9. The van der Waals surface area contributed by atoms with Crippen LogP contribution in [0.25, 0.3) is 0 Å². The van der Waals surface area contributed by atoms with Crippen molar-refractivity contribution < 1.29 is 9.53 Å². The van der Waals surface area contributed by atoms with E-state index < -0.39 is 5.54 Å². The molecule has 0 fully saturated rings. The number of hydrogen-bond donors (Lipinski definition) is 1. The van der Waals surface area contributed by atoms with Gasteiger partial charge in [0.2, 0.25) is 0 Å². The van der Waals surface area contributed by atoms with Gasteiger partial charge in [0.15, 0.2) is 0 Å². The lowest BCUT2D eigenvalue weighted by atomic mass is 9.97. The first-order valence-electron chi connectivity index (χ1n) is 7.67. The summed E-state index contributed by atoms with van der Waals surface area (Å²) in [6.07, 6.45) is 2.51. The third kappa shape index (κ3) is 5.38. The Morgan fingerprint density at radius 2 is 1.90 bits per heavy atom. The SMILES string of the molecule is CCOC(=O)C(C)(N)CCCN(C)c1ccc(CC)cc1. The molecule has 0 aromatic heterocycles. The van der Waals surface area contributed by atoms with Gasteiger partial charge in [0.05, 0.1) is 6.61 Å². The number of ether oxygens (including phenoxy) is 1. The molecule has 4 heteroatoms. The van der Waals surface area contributed by atoms with Crippen molar-refractivity contribution >= 4 is 11.7 Å². The number of benzene rings is 1. The number of carbonyl (C=O) groups excluding carboxylic acids is 1. The second kappa shape index (κ2) is 8.03. The van der Waals surface area contributed by atoms with Gasteiger partial charge >= 0.3 is 5.97 Å². The predicted molar refractivity (Wildman–Crippen MR) is 87.5 cm³/mol. The highest BCUT2D eigenvalue weighted by Crippen LogP contribution is 2.17. The van der Waals surface area contributed by atoms with Crippen molar-refractivity contribution in [2.75, 3.05) is 25.1 Å². The fourth-order valence-corrected chi connectivity index (χ4v) is 2.20. The van der Waals surface area contributed by atoms with E-state index in [2.05, 4.69) is 43.1 Å². The first-order valence-corrected chi connectivity index (χ1v) is 7.67. The first-order chi connectivity index (χ1) is 9.90. The van der Waals surface area contributed by atoms with Crippen LogP contribution in [0.4, 0.5) is 5.69 Å². The van der Waals surface area contributed by atoms with Gasteiger partial charge in [0.1, 0.15) is 5.54 Å². The normalized spacial score (nSPS) is 13.6. The topological polar surface area (TPSA) is 55.6 Å². The molecule has 0 heterocycles. The molecule has 0 bridgehead atoms. The summed E-state index contributed by atoms with van der Waals surface area (Å²) in [6, 6.07) is 8.56. The van der Waals surface area contributed by atoms with Gasteiger partial charge < -0.3 is 15.4 Å². The summed E-state index contributed by atoms with van der Waals surface area (Å²) in [5.74, 6) is -0.319. The zero-order chi connectivity index (χ0) is 15.9. The highest BCUT2D eigenvalue weighted by Gasteiger charge is 2.29. The van der Waals surface area contributed by atoms with E-state index in [0.717, 1.165) is 19.4 Å². The summed E-state index contributed by atoms with van der Waals surface area (Å²) in [5, 5.41) is 0.